The molecule has 2 unspecified atom stereocenters. The van der Waals surface area contributed by atoms with Gasteiger partial charge in [-0.2, -0.15) is 0 Å². The van der Waals surface area contributed by atoms with Crippen molar-refractivity contribution in [2.75, 3.05) is 20.2 Å². The van der Waals surface area contributed by atoms with Gasteiger partial charge in [-0.25, -0.2) is 0 Å². The molecule has 12 heavy (non-hydrogen) atoms. The third-order valence-electron chi connectivity index (χ3n) is 3.83. The molecule has 0 aromatic carbocycles. The number of rotatable bonds is 1. The van der Waals surface area contributed by atoms with Crippen molar-refractivity contribution in [2.24, 2.45) is 16.7 Å². The van der Waals surface area contributed by atoms with Crippen LogP contribution in [0, 0.1) is 16.7 Å². The number of ether oxygens (including phenoxy) is 1. The van der Waals surface area contributed by atoms with Gasteiger partial charge in [0.05, 0.1) is 12.5 Å². The van der Waals surface area contributed by atoms with Crippen LogP contribution in [-0.4, -0.2) is 26.2 Å². The maximum atomic E-state index is 11.5. The lowest BCUT2D eigenvalue weighted by Gasteiger charge is -2.16. The minimum absolute atomic E-state index is 0.0394. The van der Waals surface area contributed by atoms with E-state index in [1.54, 1.807) is 0 Å². The van der Waals surface area contributed by atoms with Crippen molar-refractivity contribution in [2.45, 2.75) is 13.8 Å². The highest BCUT2D eigenvalue weighted by atomic mass is 16.5. The normalized spacial score (nSPS) is 42.1. The Hall–Kier alpha value is -0.570. The molecule has 0 aromatic rings. The molecule has 1 saturated heterocycles. The van der Waals surface area contributed by atoms with Gasteiger partial charge in [0, 0.05) is 6.54 Å². The Morgan fingerprint density at radius 2 is 2.25 bits per heavy atom. The van der Waals surface area contributed by atoms with E-state index in [4.69, 9.17) is 4.74 Å². The monoisotopic (exact) mass is 169 g/mol. The average Bonchev–Trinajstić information content (AvgIpc) is 2.48. The first-order chi connectivity index (χ1) is 5.57. The summed E-state index contributed by atoms with van der Waals surface area (Å²) >= 11 is 0. The standard InChI is InChI=1S/C9H15NO2/c1-8(2)6-4-10-5-9(6,8)7(11)12-3/h6,10H,4-5H2,1-3H3. The number of hydrogen-bond acceptors (Lipinski definition) is 3. The molecule has 1 aliphatic heterocycles. The van der Waals surface area contributed by atoms with Crippen LogP contribution in [0.3, 0.4) is 0 Å². The number of fused-ring (bicyclic) bond motifs is 1. The molecule has 3 nitrogen and oxygen atoms in total. The first kappa shape index (κ1) is 8.05. The van der Waals surface area contributed by atoms with Gasteiger partial charge in [-0.15, -0.1) is 0 Å². The molecular weight excluding hydrogens is 154 g/mol. The van der Waals surface area contributed by atoms with Crippen molar-refractivity contribution in [1.29, 1.82) is 0 Å². The molecule has 0 spiro atoms. The first-order valence-corrected chi connectivity index (χ1v) is 4.36. The average molecular weight is 169 g/mol. The van der Waals surface area contributed by atoms with Crippen molar-refractivity contribution in [3.05, 3.63) is 0 Å². The second-order valence-corrected chi connectivity index (χ2v) is 4.37. The predicted molar refractivity (Wildman–Crippen MR) is 44.6 cm³/mol. The van der Waals surface area contributed by atoms with Crippen molar-refractivity contribution >= 4 is 5.97 Å². The van der Waals surface area contributed by atoms with E-state index in [-0.39, 0.29) is 16.8 Å². The van der Waals surface area contributed by atoms with Crippen LogP contribution in [0.4, 0.5) is 0 Å². The zero-order chi connectivity index (χ0) is 8.98. The quantitative estimate of drug-likeness (QED) is 0.578. The zero-order valence-electron chi connectivity index (χ0n) is 7.81. The zero-order valence-corrected chi connectivity index (χ0v) is 7.81. The molecule has 0 radical (unpaired) electrons. The molecule has 0 aromatic heterocycles. The molecule has 0 bridgehead atoms. The van der Waals surface area contributed by atoms with E-state index in [2.05, 4.69) is 19.2 Å². The van der Waals surface area contributed by atoms with Crippen LogP contribution in [0.25, 0.3) is 0 Å². The number of methoxy groups -OCH3 is 1. The van der Waals surface area contributed by atoms with Crippen LogP contribution in [0.1, 0.15) is 13.8 Å². The highest BCUT2D eigenvalue weighted by Crippen LogP contribution is 2.70. The summed E-state index contributed by atoms with van der Waals surface area (Å²) in [6, 6.07) is 0. The molecule has 1 heterocycles. The fraction of sp³-hybridized carbons (Fsp3) is 0.889. The number of hydrogen-bond donors (Lipinski definition) is 1. The summed E-state index contributed by atoms with van der Waals surface area (Å²) in [7, 11) is 1.47. The van der Waals surface area contributed by atoms with E-state index in [1.165, 1.54) is 7.11 Å². The van der Waals surface area contributed by atoms with Crippen LogP contribution >= 0.6 is 0 Å². The molecule has 2 fully saturated rings. The van der Waals surface area contributed by atoms with Crippen molar-refractivity contribution in [3.63, 3.8) is 0 Å². The van der Waals surface area contributed by atoms with Gasteiger partial charge in [-0.1, -0.05) is 13.8 Å². The van der Waals surface area contributed by atoms with Crippen LogP contribution < -0.4 is 5.32 Å². The van der Waals surface area contributed by atoms with Gasteiger partial charge < -0.3 is 10.1 Å². The van der Waals surface area contributed by atoms with Crippen LogP contribution in [0.5, 0.6) is 0 Å². The minimum Gasteiger partial charge on any atom is -0.469 e. The molecule has 3 heteroatoms. The molecule has 2 atom stereocenters. The molecule has 1 aliphatic carbocycles. The van der Waals surface area contributed by atoms with E-state index >= 15 is 0 Å². The lowest BCUT2D eigenvalue weighted by molar-refractivity contribution is -0.148. The fourth-order valence-corrected chi connectivity index (χ4v) is 2.82. The van der Waals surface area contributed by atoms with Gasteiger partial charge in [0.25, 0.3) is 0 Å². The predicted octanol–water partition coefficient (Wildman–Crippen LogP) is 0.405. The minimum atomic E-state index is -0.207. The summed E-state index contributed by atoms with van der Waals surface area (Å²) in [6.45, 7) is 6.05. The molecule has 1 saturated carbocycles. The molecule has 68 valence electrons. The van der Waals surface area contributed by atoms with Crippen LogP contribution in [0.15, 0.2) is 0 Å². The van der Waals surface area contributed by atoms with Crippen LogP contribution in [-0.2, 0) is 9.53 Å². The topological polar surface area (TPSA) is 38.3 Å². The SMILES string of the molecule is COC(=O)C12CNCC1C2(C)C. The fourth-order valence-electron chi connectivity index (χ4n) is 2.82. The highest BCUT2D eigenvalue weighted by Gasteiger charge is 2.77. The summed E-state index contributed by atoms with van der Waals surface area (Å²) in [5.74, 6) is 0.444. The van der Waals surface area contributed by atoms with E-state index in [0.29, 0.717) is 5.92 Å². The Bertz CT molecular complexity index is 237. The summed E-state index contributed by atoms with van der Waals surface area (Å²) in [4.78, 5) is 11.5. The van der Waals surface area contributed by atoms with Gasteiger partial charge in [0.1, 0.15) is 0 Å². The van der Waals surface area contributed by atoms with Gasteiger partial charge in [0.2, 0.25) is 0 Å². The molecule has 2 rings (SSSR count). The Labute approximate surface area is 72.5 Å². The smallest absolute Gasteiger partial charge is 0.314 e. The van der Waals surface area contributed by atoms with E-state index < -0.39 is 0 Å². The van der Waals surface area contributed by atoms with Gasteiger partial charge in [0.15, 0.2) is 0 Å². The van der Waals surface area contributed by atoms with Gasteiger partial charge in [-0.05, 0) is 17.9 Å². The van der Waals surface area contributed by atoms with Crippen molar-refractivity contribution in [1.82, 2.24) is 5.32 Å². The van der Waals surface area contributed by atoms with Crippen molar-refractivity contribution in [3.8, 4) is 0 Å². The third kappa shape index (κ3) is 0.600. The van der Waals surface area contributed by atoms with Crippen LogP contribution in [0.2, 0.25) is 0 Å². The van der Waals surface area contributed by atoms with Gasteiger partial charge in [-0.3, -0.25) is 4.79 Å². The lowest BCUT2D eigenvalue weighted by Crippen LogP contribution is -2.31. The summed E-state index contributed by atoms with van der Waals surface area (Å²) in [5, 5.41) is 3.23. The number of carbonyl (C=O) groups excluding carboxylic acids is 1. The summed E-state index contributed by atoms with van der Waals surface area (Å²) in [5.41, 5.74) is -0.0624. The second-order valence-electron chi connectivity index (χ2n) is 4.37. The molecular formula is C9H15NO2. The van der Waals surface area contributed by atoms with E-state index in [9.17, 15) is 4.79 Å². The Kier molecular flexibility index (Phi) is 1.35. The summed E-state index contributed by atoms with van der Waals surface area (Å²) in [6.07, 6.45) is 0. The maximum absolute atomic E-state index is 11.5. The number of nitrogens with one attached hydrogen (secondary N) is 1. The Morgan fingerprint density at radius 1 is 1.58 bits per heavy atom. The Morgan fingerprint density at radius 3 is 2.67 bits per heavy atom. The number of carbonyl (C=O) groups is 1. The van der Waals surface area contributed by atoms with E-state index in [1.807, 2.05) is 0 Å². The summed E-state index contributed by atoms with van der Waals surface area (Å²) < 4.78 is 4.84. The maximum Gasteiger partial charge on any atom is 0.314 e. The largest absolute Gasteiger partial charge is 0.469 e. The third-order valence-corrected chi connectivity index (χ3v) is 3.83. The second kappa shape index (κ2) is 2.02. The van der Waals surface area contributed by atoms with Crippen molar-refractivity contribution < 1.29 is 9.53 Å². The first-order valence-electron chi connectivity index (χ1n) is 4.36. The number of esters is 1. The molecule has 2 aliphatic rings. The van der Waals surface area contributed by atoms with E-state index in [0.717, 1.165) is 13.1 Å². The molecule has 0 amide bonds. The lowest BCUT2D eigenvalue weighted by atomic mass is 9.96. The highest BCUT2D eigenvalue weighted by molar-refractivity contribution is 5.83. The Balaban J connectivity index is 2.27. The number of piperidine rings is 1. The molecule has 1 N–H and O–H groups in total. The van der Waals surface area contributed by atoms with Gasteiger partial charge >= 0.3 is 5.97 Å².